The fourth-order valence-electron chi connectivity index (χ4n) is 19.7. The molecule has 7 aliphatic rings. The highest BCUT2D eigenvalue weighted by atomic mass is 16.5. The topological polar surface area (TPSA) is 22.2 Å². The average molecular weight is 1330 g/mol. The van der Waals surface area contributed by atoms with Crippen molar-refractivity contribution >= 4 is 138 Å². The number of rotatable bonds is 8. The summed E-state index contributed by atoms with van der Waals surface area (Å²) in [5.41, 5.74) is 38.6. The van der Waals surface area contributed by atoms with Gasteiger partial charge in [-0.1, -0.05) is 291 Å². The number of ether oxygens (including phenoxy) is 1. The van der Waals surface area contributed by atoms with E-state index >= 15 is 0 Å². The average Bonchev–Trinajstić information content (AvgIpc) is 1.32. The monoisotopic (exact) mass is 1330 g/mol. The number of nitrogens with zero attached hydrogens (tertiary/aromatic N) is 4. The minimum atomic E-state index is -0.532. The molecule has 0 saturated heterocycles. The first-order valence-corrected chi connectivity index (χ1v) is 36.7. The third-order valence-corrected chi connectivity index (χ3v) is 23.7. The lowest BCUT2D eigenvalue weighted by Gasteiger charge is -2.51. The fourth-order valence-corrected chi connectivity index (χ4v) is 19.7. The van der Waals surface area contributed by atoms with Gasteiger partial charge in [-0.15, -0.1) is 0 Å². The Bertz CT molecular complexity index is 6210. The van der Waals surface area contributed by atoms with E-state index in [1.54, 1.807) is 0 Å². The third-order valence-electron chi connectivity index (χ3n) is 23.7. The molecule has 0 atom stereocenters. The standard InChI is InChI=1S/C97H61B3N4O/c1-7-30-62(31-8-1)70-43-29-44-71(63-32-9-2-10-33-63)95(70)104-86-61-90-81(59-80(86)99-79-49-24-28-53-85(79)103-84-52-27-23-48-78(84)98-76-46-21-25-50-82(76)102(69-40-17-6-18-41-69)88-60-89(104)94(99)96(103)93(88)98)100-77-47-22-26-51-83(77)101(68-38-15-5-16-39-68)87-57-65(58-91(105-90)92(87)100)64-54-55-75-73(56-64)72-42-19-20-45-74(72)97(75,66-34-11-3-12-35-66)67-36-13-4-14-37-67/h1-61H. The Morgan fingerprint density at radius 1 is 0.219 bits per heavy atom. The van der Waals surface area contributed by atoms with Crippen molar-refractivity contribution in [2.24, 2.45) is 0 Å². The van der Waals surface area contributed by atoms with Gasteiger partial charge in [0.15, 0.2) is 0 Å². The summed E-state index contributed by atoms with van der Waals surface area (Å²) < 4.78 is 8.04. The summed E-state index contributed by atoms with van der Waals surface area (Å²) >= 11 is 0. The molecule has 5 nitrogen and oxygen atoms in total. The molecule has 0 saturated carbocycles. The van der Waals surface area contributed by atoms with E-state index < -0.39 is 5.41 Å². The maximum absolute atomic E-state index is 8.04. The van der Waals surface area contributed by atoms with Crippen LogP contribution in [0.4, 0.5) is 68.2 Å². The molecule has 1 aliphatic carbocycles. The first-order chi connectivity index (χ1) is 52.2. The second kappa shape index (κ2) is 22.4. The van der Waals surface area contributed by atoms with Gasteiger partial charge in [0.25, 0.3) is 20.1 Å². The molecule has 23 rings (SSSR count). The van der Waals surface area contributed by atoms with Gasteiger partial charge in [-0.3, -0.25) is 0 Å². The van der Waals surface area contributed by atoms with Crippen LogP contribution in [0.15, 0.2) is 370 Å². The highest BCUT2D eigenvalue weighted by Crippen LogP contribution is 2.59. The van der Waals surface area contributed by atoms with Crippen LogP contribution in [0.3, 0.4) is 0 Å². The SMILES string of the molecule is c1ccc(-c2cccc(-c3ccccc3)c2N2c3cc4c(cc3B3c5ccccc5N5c6ccccc6B6c7ccccc7N(c7ccccc7)c7cc2c3c5c76)B2c3ccccc3N(c3ccccc3)c3cc(-c5ccc6c(c5)-c5ccccc5C6(c5ccccc5)c5ccccc5)cc(c32)O4)cc1. The van der Waals surface area contributed by atoms with Crippen molar-refractivity contribution < 1.29 is 4.74 Å². The zero-order chi connectivity index (χ0) is 68.6. The lowest BCUT2D eigenvalue weighted by atomic mass is 9.28. The molecule has 105 heavy (non-hydrogen) atoms. The first-order valence-electron chi connectivity index (χ1n) is 36.7. The Kier molecular flexibility index (Phi) is 12.4. The molecule has 484 valence electrons. The van der Waals surface area contributed by atoms with Crippen molar-refractivity contribution in [3.05, 3.63) is 392 Å². The van der Waals surface area contributed by atoms with Crippen molar-refractivity contribution in [3.8, 4) is 56.0 Å². The maximum atomic E-state index is 8.04. The molecule has 16 aromatic carbocycles. The van der Waals surface area contributed by atoms with Crippen LogP contribution in [-0.2, 0) is 5.41 Å². The van der Waals surface area contributed by atoms with Gasteiger partial charge in [-0.25, -0.2) is 0 Å². The van der Waals surface area contributed by atoms with Gasteiger partial charge in [0.05, 0.1) is 11.1 Å². The minimum Gasteiger partial charge on any atom is -0.458 e. The Hall–Kier alpha value is -13.3. The molecule has 0 amide bonds. The van der Waals surface area contributed by atoms with Gasteiger partial charge in [-0.2, -0.15) is 0 Å². The number of hydrogen-bond donors (Lipinski definition) is 0. The van der Waals surface area contributed by atoms with Crippen molar-refractivity contribution in [1.82, 2.24) is 0 Å². The van der Waals surface area contributed by atoms with Crippen molar-refractivity contribution in [2.75, 3.05) is 19.6 Å². The second-order valence-electron chi connectivity index (χ2n) is 28.8. The summed E-state index contributed by atoms with van der Waals surface area (Å²) in [4.78, 5) is 10.4. The molecule has 6 aliphatic heterocycles. The van der Waals surface area contributed by atoms with E-state index in [4.69, 9.17) is 4.74 Å². The molecule has 0 N–H and O–H groups in total. The molecule has 6 heterocycles. The Balaban J connectivity index is 0.815. The summed E-state index contributed by atoms with van der Waals surface area (Å²) in [6.07, 6.45) is 0. The molecule has 0 spiro atoms. The smallest absolute Gasteiger partial charge is 0.256 e. The number of anilines is 12. The minimum absolute atomic E-state index is 0.0612. The van der Waals surface area contributed by atoms with Crippen molar-refractivity contribution in [2.45, 2.75) is 5.41 Å². The van der Waals surface area contributed by atoms with Crippen LogP contribution in [-0.4, -0.2) is 20.1 Å². The normalized spacial score (nSPS) is 14.1. The zero-order valence-corrected chi connectivity index (χ0v) is 57.1. The first kappa shape index (κ1) is 58.4. The lowest BCUT2D eigenvalue weighted by Crippen LogP contribution is -2.69. The highest BCUT2D eigenvalue weighted by Gasteiger charge is 2.54. The summed E-state index contributed by atoms with van der Waals surface area (Å²) in [7, 11) is 0. The second-order valence-corrected chi connectivity index (χ2v) is 28.8. The van der Waals surface area contributed by atoms with Crippen molar-refractivity contribution in [1.29, 1.82) is 0 Å². The quantitative estimate of drug-likeness (QED) is 0.141. The summed E-state index contributed by atoms with van der Waals surface area (Å²) in [6, 6.07) is 139. The van der Waals surface area contributed by atoms with Crippen LogP contribution in [0, 0.1) is 0 Å². The van der Waals surface area contributed by atoms with E-state index in [0.717, 1.165) is 101 Å². The molecule has 0 fully saturated rings. The van der Waals surface area contributed by atoms with Gasteiger partial charge in [0.1, 0.15) is 11.5 Å². The van der Waals surface area contributed by atoms with Crippen LogP contribution in [0.2, 0.25) is 0 Å². The predicted octanol–water partition coefficient (Wildman–Crippen LogP) is 18.2. The molecule has 16 aromatic rings. The summed E-state index contributed by atoms with van der Waals surface area (Å²) in [5, 5.41) is 0. The van der Waals surface area contributed by atoms with Crippen molar-refractivity contribution in [3.63, 3.8) is 0 Å². The van der Waals surface area contributed by atoms with E-state index in [-0.39, 0.29) is 20.1 Å². The van der Waals surface area contributed by atoms with Crippen LogP contribution in [0.25, 0.3) is 44.5 Å². The molecule has 0 bridgehead atoms. The lowest BCUT2D eigenvalue weighted by molar-refractivity contribution is 0.488. The Morgan fingerprint density at radius 3 is 1.19 bits per heavy atom. The van der Waals surface area contributed by atoms with Gasteiger partial charge in [0, 0.05) is 79.8 Å². The number of fused-ring (bicyclic) bond motifs is 17. The Labute approximate surface area is 611 Å². The van der Waals surface area contributed by atoms with E-state index in [0.29, 0.717) is 0 Å². The zero-order valence-electron chi connectivity index (χ0n) is 57.1. The van der Waals surface area contributed by atoms with Crippen LogP contribution >= 0.6 is 0 Å². The van der Waals surface area contributed by atoms with E-state index in [1.807, 2.05) is 0 Å². The van der Waals surface area contributed by atoms with E-state index in [9.17, 15) is 0 Å². The number of para-hydroxylation sites is 7. The molecule has 0 unspecified atom stereocenters. The Morgan fingerprint density at radius 2 is 0.638 bits per heavy atom. The van der Waals surface area contributed by atoms with Crippen LogP contribution < -0.4 is 73.5 Å². The molecule has 8 heteroatoms. The van der Waals surface area contributed by atoms with Gasteiger partial charge in [0.2, 0.25) is 0 Å². The fraction of sp³-hybridized carbons (Fsp3) is 0.0103. The largest absolute Gasteiger partial charge is 0.458 e. The predicted molar refractivity (Wildman–Crippen MR) is 439 cm³/mol. The summed E-state index contributed by atoms with van der Waals surface area (Å²) in [5.74, 6) is 1.68. The van der Waals surface area contributed by atoms with E-state index in [2.05, 4.69) is 390 Å². The van der Waals surface area contributed by atoms with Gasteiger partial charge >= 0.3 is 0 Å². The molecular weight excluding hydrogens is 1270 g/mol. The molecule has 0 radical (unpaired) electrons. The number of benzene rings is 16. The summed E-state index contributed by atoms with van der Waals surface area (Å²) in [6.45, 7) is -0.486. The van der Waals surface area contributed by atoms with Gasteiger partial charge in [-0.05, 0) is 178 Å². The molecular formula is C97H61B3N4O. The van der Waals surface area contributed by atoms with Gasteiger partial charge < -0.3 is 24.3 Å². The van der Waals surface area contributed by atoms with Crippen LogP contribution in [0.1, 0.15) is 22.3 Å². The van der Waals surface area contributed by atoms with Crippen LogP contribution in [0.5, 0.6) is 11.5 Å². The van der Waals surface area contributed by atoms with E-state index in [1.165, 1.54) is 94.4 Å². The molecule has 0 aromatic heterocycles. The number of hydrogen-bond acceptors (Lipinski definition) is 5. The third kappa shape index (κ3) is 8.11. The maximum Gasteiger partial charge on any atom is 0.256 e. The highest BCUT2D eigenvalue weighted by molar-refractivity contribution is 7.05.